The third-order valence-corrected chi connectivity index (χ3v) is 4.60. The molecule has 3 N–H and O–H groups in total. The molecule has 1 amide bonds. The Kier molecular flexibility index (Phi) is 11.2. The number of carbonyl (C=O) groups excluding carboxylic acids is 1. The standard InChI is InChI=1S/C20H25N5O2.2ClH/c26-20(24-27)9-8-17-13-22-19(14-21-17)23-18-7-4-11-25(15-18)12-10-16-5-2-1-3-6-16;;/h1-3,5-6,8-9,13-14,18,27H,4,7,10-12,15H2,(H,22,23)(H,24,26);2*1H/b9-8+;;/t18-;;/m1../s1. The van der Waals surface area contributed by atoms with Crippen molar-refractivity contribution >= 4 is 42.6 Å². The predicted octanol–water partition coefficient (Wildman–Crippen LogP) is 2.96. The number of hydroxylamine groups is 1. The quantitative estimate of drug-likeness (QED) is 0.349. The smallest absolute Gasteiger partial charge is 0.267 e. The molecule has 1 aromatic carbocycles. The van der Waals surface area contributed by atoms with E-state index in [4.69, 9.17) is 5.21 Å². The Morgan fingerprint density at radius 2 is 2.00 bits per heavy atom. The Bertz CT molecular complexity index is 759. The van der Waals surface area contributed by atoms with Gasteiger partial charge >= 0.3 is 0 Å². The molecule has 0 aliphatic carbocycles. The van der Waals surface area contributed by atoms with Crippen LogP contribution in [0, 0.1) is 0 Å². The third kappa shape index (κ3) is 8.37. The molecule has 158 valence electrons. The highest BCUT2D eigenvalue weighted by Crippen LogP contribution is 2.15. The molecule has 0 saturated carbocycles. The first-order valence-electron chi connectivity index (χ1n) is 9.20. The normalized spacial score (nSPS) is 16.5. The van der Waals surface area contributed by atoms with Gasteiger partial charge in [0.1, 0.15) is 5.82 Å². The Hall–Kier alpha value is -2.19. The number of hydrogen-bond acceptors (Lipinski definition) is 6. The minimum atomic E-state index is -0.600. The first kappa shape index (κ1) is 24.8. The minimum Gasteiger partial charge on any atom is -0.365 e. The van der Waals surface area contributed by atoms with Crippen LogP contribution in [-0.4, -0.2) is 51.7 Å². The summed E-state index contributed by atoms with van der Waals surface area (Å²) in [7, 11) is 0. The number of piperidine rings is 1. The molecular formula is C20H27Cl2N5O2. The molecule has 7 nitrogen and oxygen atoms in total. The van der Waals surface area contributed by atoms with Gasteiger partial charge in [-0.3, -0.25) is 15.0 Å². The highest BCUT2D eigenvalue weighted by atomic mass is 35.5. The summed E-state index contributed by atoms with van der Waals surface area (Å²) in [5.74, 6) is 0.130. The van der Waals surface area contributed by atoms with Gasteiger partial charge in [-0.15, -0.1) is 24.8 Å². The minimum absolute atomic E-state index is 0. The van der Waals surface area contributed by atoms with Gasteiger partial charge in [-0.2, -0.15) is 0 Å². The summed E-state index contributed by atoms with van der Waals surface area (Å²) in [6.45, 7) is 3.19. The van der Waals surface area contributed by atoms with Crippen LogP contribution in [0.25, 0.3) is 6.08 Å². The zero-order valence-electron chi connectivity index (χ0n) is 16.0. The Morgan fingerprint density at radius 3 is 2.69 bits per heavy atom. The number of likely N-dealkylation sites (tertiary alicyclic amines) is 1. The monoisotopic (exact) mass is 439 g/mol. The average molecular weight is 440 g/mol. The lowest BCUT2D eigenvalue weighted by molar-refractivity contribution is -0.124. The summed E-state index contributed by atoms with van der Waals surface area (Å²) in [6.07, 6.45) is 9.30. The zero-order valence-corrected chi connectivity index (χ0v) is 17.7. The van der Waals surface area contributed by atoms with Crippen molar-refractivity contribution in [1.82, 2.24) is 20.3 Å². The van der Waals surface area contributed by atoms with Crippen LogP contribution in [-0.2, 0) is 11.2 Å². The molecule has 9 heteroatoms. The van der Waals surface area contributed by atoms with Crippen molar-refractivity contribution in [2.45, 2.75) is 25.3 Å². The summed E-state index contributed by atoms with van der Waals surface area (Å²) in [5, 5.41) is 11.9. The number of nitrogens with zero attached hydrogens (tertiary/aromatic N) is 3. The Labute approximate surface area is 183 Å². The van der Waals surface area contributed by atoms with Crippen molar-refractivity contribution in [1.29, 1.82) is 0 Å². The van der Waals surface area contributed by atoms with Crippen LogP contribution in [0.3, 0.4) is 0 Å². The van der Waals surface area contributed by atoms with Gasteiger partial charge in [-0.25, -0.2) is 10.5 Å². The first-order valence-corrected chi connectivity index (χ1v) is 9.20. The van der Waals surface area contributed by atoms with Crippen molar-refractivity contribution in [3.8, 4) is 0 Å². The number of anilines is 1. The predicted molar refractivity (Wildman–Crippen MR) is 119 cm³/mol. The van der Waals surface area contributed by atoms with E-state index in [2.05, 4.69) is 44.5 Å². The SMILES string of the molecule is Cl.Cl.O=C(/C=C/c1cnc(N[C@@H]2CCCN(CCc3ccccc3)C2)cn1)NO. The van der Waals surface area contributed by atoms with Crippen LogP contribution in [0.5, 0.6) is 0 Å². The van der Waals surface area contributed by atoms with Crippen LogP contribution >= 0.6 is 24.8 Å². The lowest BCUT2D eigenvalue weighted by Gasteiger charge is -2.33. The molecule has 2 aromatic rings. The second-order valence-corrected chi connectivity index (χ2v) is 6.66. The van der Waals surface area contributed by atoms with E-state index in [0.717, 1.165) is 44.7 Å². The molecule has 2 heterocycles. The number of carbonyl (C=O) groups is 1. The number of benzene rings is 1. The van der Waals surface area contributed by atoms with Gasteiger partial charge in [-0.05, 0) is 37.4 Å². The van der Waals surface area contributed by atoms with Gasteiger partial charge in [0, 0.05) is 25.2 Å². The molecule has 1 aromatic heterocycles. The van der Waals surface area contributed by atoms with E-state index in [1.165, 1.54) is 23.2 Å². The van der Waals surface area contributed by atoms with Gasteiger partial charge < -0.3 is 10.2 Å². The molecule has 1 fully saturated rings. The van der Waals surface area contributed by atoms with E-state index in [1.54, 1.807) is 12.4 Å². The molecule has 1 atom stereocenters. The average Bonchev–Trinajstić information content (AvgIpc) is 2.72. The zero-order chi connectivity index (χ0) is 18.9. The van der Waals surface area contributed by atoms with E-state index in [9.17, 15) is 4.79 Å². The third-order valence-electron chi connectivity index (χ3n) is 4.60. The van der Waals surface area contributed by atoms with Gasteiger partial charge in [0.25, 0.3) is 5.91 Å². The van der Waals surface area contributed by atoms with Crippen LogP contribution in [0.1, 0.15) is 24.1 Å². The van der Waals surface area contributed by atoms with Gasteiger partial charge in [0.15, 0.2) is 0 Å². The number of nitrogens with one attached hydrogen (secondary N) is 2. The maximum absolute atomic E-state index is 11.0. The number of rotatable bonds is 7. The van der Waals surface area contributed by atoms with E-state index in [1.807, 2.05) is 6.07 Å². The van der Waals surface area contributed by atoms with Crippen LogP contribution in [0.15, 0.2) is 48.8 Å². The first-order chi connectivity index (χ1) is 13.2. The number of aromatic nitrogens is 2. The summed E-state index contributed by atoms with van der Waals surface area (Å²) in [5.41, 5.74) is 3.46. The molecular weight excluding hydrogens is 413 g/mol. The highest BCUT2D eigenvalue weighted by molar-refractivity contribution is 5.90. The van der Waals surface area contributed by atoms with Gasteiger partial charge in [0.05, 0.1) is 18.1 Å². The Morgan fingerprint density at radius 1 is 1.21 bits per heavy atom. The van der Waals surface area contributed by atoms with Crippen LogP contribution < -0.4 is 10.8 Å². The lowest BCUT2D eigenvalue weighted by atomic mass is 10.0. The molecule has 0 unspecified atom stereocenters. The summed E-state index contributed by atoms with van der Waals surface area (Å²) in [6, 6.07) is 10.9. The topological polar surface area (TPSA) is 90.4 Å². The molecule has 0 spiro atoms. The molecule has 1 aliphatic heterocycles. The maximum atomic E-state index is 11.0. The number of halogens is 2. The fraction of sp³-hybridized carbons (Fsp3) is 0.350. The molecule has 3 rings (SSSR count). The maximum Gasteiger partial charge on any atom is 0.267 e. The van der Waals surface area contributed by atoms with E-state index < -0.39 is 5.91 Å². The Balaban J connectivity index is 0.00000210. The summed E-state index contributed by atoms with van der Waals surface area (Å²) >= 11 is 0. The van der Waals surface area contributed by atoms with Crippen molar-refractivity contribution in [3.05, 3.63) is 60.1 Å². The van der Waals surface area contributed by atoms with E-state index >= 15 is 0 Å². The van der Waals surface area contributed by atoms with Crippen molar-refractivity contribution in [3.63, 3.8) is 0 Å². The van der Waals surface area contributed by atoms with Crippen molar-refractivity contribution < 1.29 is 10.0 Å². The molecule has 0 bridgehead atoms. The van der Waals surface area contributed by atoms with E-state index in [-0.39, 0.29) is 24.8 Å². The second-order valence-electron chi connectivity index (χ2n) is 6.66. The summed E-state index contributed by atoms with van der Waals surface area (Å²) < 4.78 is 0. The van der Waals surface area contributed by atoms with Crippen molar-refractivity contribution in [2.24, 2.45) is 0 Å². The fourth-order valence-corrected chi connectivity index (χ4v) is 3.21. The van der Waals surface area contributed by atoms with Gasteiger partial charge in [0.2, 0.25) is 0 Å². The molecule has 29 heavy (non-hydrogen) atoms. The van der Waals surface area contributed by atoms with Crippen LogP contribution in [0.2, 0.25) is 0 Å². The second kappa shape index (κ2) is 13.1. The highest BCUT2D eigenvalue weighted by Gasteiger charge is 2.19. The number of hydrogen-bond donors (Lipinski definition) is 3. The van der Waals surface area contributed by atoms with Crippen LogP contribution in [0.4, 0.5) is 5.82 Å². The van der Waals surface area contributed by atoms with Gasteiger partial charge in [-0.1, -0.05) is 30.3 Å². The van der Waals surface area contributed by atoms with Crippen molar-refractivity contribution in [2.75, 3.05) is 25.0 Å². The largest absolute Gasteiger partial charge is 0.365 e. The fourth-order valence-electron chi connectivity index (χ4n) is 3.21. The number of amides is 1. The molecule has 1 aliphatic rings. The molecule has 1 saturated heterocycles. The molecule has 0 radical (unpaired) electrons. The summed E-state index contributed by atoms with van der Waals surface area (Å²) in [4.78, 5) is 22.1. The lowest BCUT2D eigenvalue weighted by Crippen LogP contribution is -2.43. The van der Waals surface area contributed by atoms with E-state index in [0.29, 0.717) is 11.7 Å².